The van der Waals surface area contributed by atoms with E-state index in [-0.39, 0.29) is 11.7 Å². The highest BCUT2D eigenvalue weighted by Gasteiger charge is 2.12. The lowest BCUT2D eigenvalue weighted by Crippen LogP contribution is -2.15. The zero-order valence-corrected chi connectivity index (χ0v) is 18.3. The molecule has 4 rings (SSSR count). The third kappa shape index (κ3) is 5.40. The Labute approximate surface area is 185 Å². The topological polar surface area (TPSA) is 77.6 Å². The normalized spacial score (nSPS) is 10.9. The number of nitrogens with one attached hydrogen (secondary N) is 1. The molecule has 2 heterocycles. The van der Waals surface area contributed by atoms with Crippen molar-refractivity contribution in [2.75, 3.05) is 11.1 Å². The van der Waals surface area contributed by atoms with Gasteiger partial charge in [0.25, 0.3) is 0 Å². The zero-order chi connectivity index (χ0) is 21.6. The minimum absolute atomic E-state index is 0.0740. The van der Waals surface area contributed by atoms with Gasteiger partial charge in [-0.3, -0.25) is 4.79 Å². The van der Waals surface area contributed by atoms with Gasteiger partial charge in [0.2, 0.25) is 5.91 Å². The summed E-state index contributed by atoms with van der Waals surface area (Å²) in [5, 5.41) is 12.1. The molecule has 1 amide bonds. The second-order valence-electron chi connectivity index (χ2n) is 7.24. The first-order valence-electron chi connectivity index (χ1n) is 10.0. The second kappa shape index (κ2) is 9.61. The van der Waals surface area contributed by atoms with Crippen LogP contribution in [0.25, 0.3) is 0 Å². The maximum Gasteiger partial charge on any atom is 0.234 e. The summed E-state index contributed by atoms with van der Waals surface area (Å²) in [7, 11) is 0. The molecule has 2 aromatic carbocycles. The van der Waals surface area contributed by atoms with Crippen molar-refractivity contribution in [3.8, 4) is 0 Å². The highest BCUT2D eigenvalue weighted by Crippen LogP contribution is 2.19. The standard InChI is InChI=1S/C23H24N6OS/c1-17-24-12-13-28(17)14-20-8-10-21(11-9-20)25-22(30)16-31-23-27-26-18(2)29(23)15-19-6-4-3-5-7-19/h3-13H,14-16H2,1-2H3,(H,25,30). The maximum absolute atomic E-state index is 12.4. The summed E-state index contributed by atoms with van der Waals surface area (Å²) in [6.45, 7) is 5.34. The molecule has 0 saturated carbocycles. The van der Waals surface area contributed by atoms with Crippen LogP contribution in [0.1, 0.15) is 22.8 Å². The molecule has 0 fully saturated rings. The van der Waals surface area contributed by atoms with Crippen molar-refractivity contribution in [3.63, 3.8) is 0 Å². The van der Waals surface area contributed by atoms with E-state index in [1.165, 1.54) is 17.3 Å². The van der Waals surface area contributed by atoms with Gasteiger partial charge >= 0.3 is 0 Å². The van der Waals surface area contributed by atoms with Crippen LogP contribution in [0.4, 0.5) is 5.69 Å². The molecule has 0 aliphatic carbocycles. The van der Waals surface area contributed by atoms with E-state index in [0.29, 0.717) is 6.54 Å². The number of benzene rings is 2. The van der Waals surface area contributed by atoms with Crippen molar-refractivity contribution in [1.29, 1.82) is 0 Å². The Morgan fingerprint density at radius 3 is 2.39 bits per heavy atom. The average molecular weight is 433 g/mol. The van der Waals surface area contributed by atoms with Crippen LogP contribution in [-0.4, -0.2) is 36.0 Å². The lowest BCUT2D eigenvalue weighted by molar-refractivity contribution is -0.113. The molecular formula is C23H24N6OS. The van der Waals surface area contributed by atoms with E-state index in [0.717, 1.165) is 34.6 Å². The van der Waals surface area contributed by atoms with E-state index in [9.17, 15) is 4.79 Å². The molecule has 7 nitrogen and oxygen atoms in total. The number of amides is 1. The number of hydrogen-bond donors (Lipinski definition) is 1. The fourth-order valence-corrected chi connectivity index (χ4v) is 3.99. The molecule has 0 spiro atoms. The number of nitrogens with zero attached hydrogens (tertiary/aromatic N) is 5. The van der Waals surface area contributed by atoms with E-state index < -0.39 is 0 Å². The molecule has 2 aromatic heterocycles. The van der Waals surface area contributed by atoms with Gasteiger partial charge in [-0.15, -0.1) is 10.2 Å². The molecule has 1 N–H and O–H groups in total. The number of carbonyl (C=O) groups excluding carboxylic acids is 1. The van der Waals surface area contributed by atoms with Gasteiger partial charge in [-0.1, -0.05) is 54.2 Å². The highest BCUT2D eigenvalue weighted by molar-refractivity contribution is 7.99. The van der Waals surface area contributed by atoms with Crippen molar-refractivity contribution in [1.82, 2.24) is 24.3 Å². The largest absolute Gasteiger partial charge is 0.331 e. The van der Waals surface area contributed by atoms with Crippen LogP contribution in [0.5, 0.6) is 0 Å². The molecule has 31 heavy (non-hydrogen) atoms. The van der Waals surface area contributed by atoms with E-state index in [2.05, 4.69) is 37.2 Å². The molecule has 0 bridgehead atoms. The third-order valence-corrected chi connectivity index (χ3v) is 5.90. The van der Waals surface area contributed by atoms with Gasteiger partial charge in [0, 0.05) is 24.6 Å². The van der Waals surface area contributed by atoms with Crippen molar-refractivity contribution in [2.45, 2.75) is 32.1 Å². The first-order chi connectivity index (χ1) is 15.1. The summed E-state index contributed by atoms with van der Waals surface area (Å²) in [6, 6.07) is 18.0. The van der Waals surface area contributed by atoms with Crippen LogP contribution in [0.3, 0.4) is 0 Å². The molecule has 0 aliphatic heterocycles. The summed E-state index contributed by atoms with van der Waals surface area (Å²) in [5.74, 6) is 2.00. The summed E-state index contributed by atoms with van der Waals surface area (Å²) in [6.07, 6.45) is 3.75. The molecule has 4 aromatic rings. The molecular weight excluding hydrogens is 408 g/mol. The molecule has 8 heteroatoms. The van der Waals surface area contributed by atoms with Crippen LogP contribution < -0.4 is 5.32 Å². The molecule has 0 unspecified atom stereocenters. The highest BCUT2D eigenvalue weighted by atomic mass is 32.2. The lowest BCUT2D eigenvalue weighted by atomic mass is 10.2. The monoisotopic (exact) mass is 432 g/mol. The molecule has 0 radical (unpaired) electrons. The molecule has 0 aliphatic rings. The number of rotatable bonds is 8. The van der Waals surface area contributed by atoms with Crippen molar-refractivity contribution in [2.24, 2.45) is 0 Å². The third-order valence-electron chi connectivity index (χ3n) is 4.93. The smallest absolute Gasteiger partial charge is 0.234 e. The van der Waals surface area contributed by atoms with Gasteiger partial charge in [0.05, 0.1) is 12.3 Å². The van der Waals surface area contributed by atoms with Gasteiger partial charge < -0.3 is 14.5 Å². The first-order valence-corrected chi connectivity index (χ1v) is 11.0. The number of thioether (sulfide) groups is 1. The summed E-state index contributed by atoms with van der Waals surface area (Å²) in [5.41, 5.74) is 3.10. The van der Waals surface area contributed by atoms with Crippen LogP contribution >= 0.6 is 11.8 Å². The molecule has 0 atom stereocenters. The van der Waals surface area contributed by atoms with Crippen LogP contribution in [0.15, 0.2) is 72.1 Å². The Balaban J connectivity index is 1.32. The Bertz CT molecular complexity index is 1150. The summed E-state index contributed by atoms with van der Waals surface area (Å²) in [4.78, 5) is 16.7. The summed E-state index contributed by atoms with van der Waals surface area (Å²) >= 11 is 1.39. The number of hydrogen-bond acceptors (Lipinski definition) is 5. The van der Waals surface area contributed by atoms with Gasteiger partial charge in [-0.2, -0.15) is 0 Å². The number of carbonyl (C=O) groups is 1. The van der Waals surface area contributed by atoms with Gasteiger partial charge in [0.15, 0.2) is 5.16 Å². The number of imidazole rings is 1. The van der Waals surface area contributed by atoms with E-state index in [1.54, 1.807) is 6.20 Å². The van der Waals surface area contributed by atoms with Crippen LogP contribution in [-0.2, 0) is 17.9 Å². The fraction of sp³-hybridized carbons (Fsp3) is 0.217. The van der Waals surface area contributed by atoms with Crippen molar-refractivity contribution in [3.05, 3.63) is 89.8 Å². The van der Waals surface area contributed by atoms with Gasteiger partial charge in [-0.05, 0) is 37.1 Å². The van der Waals surface area contributed by atoms with Crippen molar-refractivity contribution >= 4 is 23.4 Å². The molecule has 158 valence electrons. The number of aromatic nitrogens is 5. The Kier molecular flexibility index (Phi) is 6.47. The SMILES string of the molecule is Cc1nccn1Cc1ccc(NC(=O)CSc2nnc(C)n2Cc2ccccc2)cc1. The Hall–Kier alpha value is -3.39. The number of aryl methyl sites for hydroxylation is 2. The van der Waals surface area contributed by atoms with Crippen LogP contribution in [0.2, 0.25) is 0 Å². The van der Waals surface area contributed by atoms with Gasteiger partial charge in [0.1, 0.15) is 11.6 Å². The van der Waals surface area contributed by atoms with E-state index in [4.69, 9.17) is 0 Å². The Morgan fingerprint density at radius 2 is 1.68 bits per heavy atom. The van der Waals surface area contributed by atoms with E-state index >= 15 is 0 Å². The minimum atomic E-state index is -0.0740. The minimum Gasteiger partial charge on any atom is -0.331 e. The van der Waals surface area contributed by atoms with Crippen molar-refractivity contribution < 1.29 is 4.79 Å². The maximum atomic E-state index is 12.4. The predicted octanol–water partition coefficient (Wildman–Crippen LogP) is 3.92. The fourth-order valence-electron chi connectivity index (χ4n) is 3.20. The lowest BCUT2D eigenvalue weighted by Gasteiger charge is -2.09. The number of anilines is 1. The second-order valence-corrected chi connectivity index (χ2v) is 8.18. The quantitative estimate of drug-likeness (QED) is 0.427. The summed E-state index contributed by atoms with van der Waals surface area (Å²) < 4.78 is 4.11. The predicted molar refractivity (Wildman–Crippen MR) is 122 cm³/mol. The van der Waals surface area contributed by atoms with Gasteiger partial charge in [-0.25, -0.2) is 4.98 Å². The van der Waals surface area contributed by atoms with Crippen LogP contribution in [0, 0.1) is 13.8 Å². The zero-order valence-electron chi connectivity index (χ0n) is 17.5. The Morgan fingerprint density at radius 1 is 0.935 bits per heavy atom. The van der Waals surface area contributed by atoms with E-state index in [1.807, 2.05) is 67.1 Å². The molecule has 0 saturated heterocycles. The average Bonchev–Trinajstić information content (AvgIpc) is 3.34. The first kappa shape index (κ1) is 20.9.